The third-order valence-electron chi connectivity index (χ3n) is 6.52. The lowest BCUT2D eigenvalue weighted by molar-refractivity contribution is -0.967. The molecule has 1 saturated heterocycles. The molecule has 4 N–H and O–H groups in total. The fourth-order valence-corrected chi connectivity index (χ4v) is 5.36. The lowest BCUT2D eigenvalue weighted by Gasteiger charge is -2.44. The number of thiazole rings is 1. The molecule has 2 fully saturated rings. The molecule has 2 heterocycles. The van der Waals surface area contributed by atoms with Crippen molar-refractivity contribution in [3.8, 4) is 0 Å². The SMILES string of the molecule is O=C(CNC(=O)c1cccc(C(F)(F)F)c1)NC1C[NH+](C2CCC(O)(c3cncs3)CC2)C1. The van der Waals surface area contributed by atoms with Gasteiger partial charge in [-0.15, -0.1) is 11.3 Å². The zero-order valence-electron chi connectivity index (χ0n) is 17.8. The molecule has 11 heteroatoms. The minimum absolute atomic E-state index is 0.000246. The average Bonchev–Trinajstić information content (AvgIpc) is 3.31. The first-order valence-corrected chi connectivity index (χ1v) is 11.7. The number of rotatable bonds is 6. The van der Waals surface area contributed by atoms with Gasteiger partial charge in [-0.2, -0.15) is 13.2 Å². The lowest BCUT2D eigenvalue weighted by Crippen LogP contribution is -3.25. The fourth-order valence-electron chi connectivity index (χ4n) is 4.58. The number of hydrogen-bond donors (Lipinski definition) is 4. The number of carbonyl (C=O) groups excluding carboxylic acids is 2. The van der Waals surface area contributed by atoms with Gasteiger partial charge in [-0.1, -0.05) is 6.07 Å². The van der Waals surface area contributed by atoms with Crippen LogP contribution in [0.2, 0.25) is 0 Å². The molecule has 2 aliphatic rings. The summed E-state index contributed by atoms with van der Waals surface area (Å²) in [6.45, 7) is 1.25. The molecular formula is C22H26F3N4O3S+. The van der Waals surface area contributed by atoms with E-state index in [1.165, 1.54) is 22.3 Å². The Kier molecular flexibility index (Phi) is 6.73. The van der Waals surface area contributed by atoms with Crippen molar-refractivity contribution in [2.45, 2.75) is 49.5 Å². The Bertz CT molecular complexity index is 985. The molecule has 1 aliphatic heterocycles. The van der Waals surface area contributed by atoms with E-state index in [1.807, 2.05) is 0 Å². The van der Waals surface area contributed by atoms with Gasteiger partial charge in [0.05, 0.1) is 28.5 Å². The number of carbonyl (C=O) groups is 2. The van der Waals surface area contributed by atoms with Crippen LogP contribution in [0.15, 0.2) is 36.0 Å². The maximum atomic E-state index is 12.8. The summed E-state index contributed by atoms with van der Waals surface area (Å²) in [5.74, 6) is -1.10. The van der Waals surface area contributed by atoms with Crippen LogP contribution in [0.4, 0.5) is 13.2 Å². The quantitative estimate of drug-likeness (QED) is 0.495. The largest absolute Gasteiger partial charge is 0.416 e. The maximum absolute atomic E-state index is 12.8. The number of aliphatic hydroxyl groups is 1. The zero-order valence-corrected chi connectivity index (χ0v) is 18.6. The van der Waals surface area contributed by atoms with E-state index in [1.54, 1.807) is 11.7 Å². The molecule has 0 unspecified atom stereocenters. The van der Waals surface area contributed by atoms with Crippen molar-refractivity contribution in [3.63, 3.8) is 0 Å². The van der Waals surface area contributed by atoms with Gasteiger partial charge in [0.25, 0.3) is 5.91 Å². The molecule has 2 aromatic rings. The molecule has 4 rings (SSSR count). The second-order valence-electron chi connectivity index (χ2n) is 8.76. The summed E-state index contributed by atoms with van der Waals surface area (Å²) in [6, 6.07) is 4.52. The monoisotopic (exact) mass is 483 g/mol. The number of benzene rings is 1. The summed E-state index contributed by atoms with van der Waals surface area (Å²) in [5.41, 5.74) is -0.110. The highest BCUT2D eigenvalue weighted by Crippen LogP contribution is 2.38. The number of amides is 2. The van der Waals surface area contributed by atoms with Crippen LogP contribution in [0.25, 0.3) is 0 Å². The normalized spacial score (nSPS) is 27.5. The third kappa shape index (κ3) is 5.53. The number of hydrogen-bond acceptors (Lipinski definition) is 5. The molecule has 1 aromatic heterocycles. The van der Waals surface area contributed by atoms with Crippen LogP contribution in [0.1, 0.15) is 46.5 Å². The maximum Gasteiger partial charge on any atom is 0.416 e. The van der Waals surface area contributed by atoms with Crippen LogP contribution < -0.4 is 15.5 Å². The molecule has 33 heavy (non-hydrogen) atoms. The first-order valence-electron chi connectivity index (χ1n) is 10.8. The second-order valence-corrected chi connectivity index (χ2v) is 9.65. The summed E-state index contributed by atoms with van der Waals surface area (Å²) in [6.07, 6.45) is 0.391. The van der Waals surface area contributed by atoms with E-state index < -0.39 is 23.2 Å². The van der Waals surface area contributed by atoms with Crippen LogP contribution in [0.5, 0.6) is 0 Å². The average molecular weight is 484 g/mol. The highest BCUT2D eigenvalue weighted by atomic mass is 32.1. The van der Waals surface area contributed by atoms with Crippen molar-refractivity contribution >= 4 is 23.2 Å². The molecule has 0 bridgehead atoms. The van der Waals surface area contributed by atoms with Crippen molar-refractivity contribution in [2.75, 3.05) is 19.6 Å². The minimum Gasteiger partial charge on any atom is -0.384 e. The van der Waals surface area contributed by atoms with Crippen LogP contribution in [-0.2, 0) is 16.6 Å². The second kappa shape index (κ2) is 9.40. The van der Waals surface area contributed by atoms with Crippen molar-refractivity contribution in [1.29, 1.82) is 0 Å². The molecule has 1 aliphatic carbocycles. The molecule has 178 valence electrons. The molecule has 2 amide bonds. The molecule has 0 radical (unpaired) electrons. The first kappa shape index (κ1) is 23.7. The predicted octanol–water partition coefficient (Wildman–Crippen LogP) is 1.11. The number of aromatic nitrogens is 1. The molecule has 7 nitrogen and oxygen atoms in total. The standard InChI is InChI=1S/C22H25F3N4O3S/c23-22(24,25)15-3-1-2-14(8-15)20(31)27-10-19(30)28-16-11-29(12-16)17-4-6-21(32,7-5-17)18-9-26-13-33-18/h1-3,8-9,13,16-17,32H,4-7,10-12H2,(H,27,31)(H,28,30)/p+1. The number of alkyl halides is 3. The van der Waals surface area contributed by atoms with Crippen LogP contribution in [0, 0.1) is 0 Å². The Balaban J connectivity index is 1.17. The summed E-state index contributed by atoms with van der Waals surface area (Å²) in [7, 11) is 0. The van der Waals surface area contributed by atoms with Gasteiger partial charge in [-0.3, -0.25) is 14.6 Å². The number of nitrogens with one attached hydrogen (secondary N) is 3. The van der Waals surface area contributed by atoms with Crippen molar-refractivity contribution in [2.24, 2.45) is 0 Å². The Morgan fingerprint density at radius 1 is 1.24 bits per heavy atom. The van der Waals surface area contributed by atoms with Gasteiger partial charge in [0.1, 0.15) is 24.7 Å². The van der Waals surface area contributed by atoms with Crippen molar-refractivity contribution in [3.05, 3.63) is 52.0 Å². The van der Waals surface area contributed by atoms with Crippen molar-refractivity contribution in [1.82, 2.24) is 15.6 Å². The van der Waals surface area contributed by atoms with Crippen LogP contribution in [0.3, 0.4) is 0 Å². The van der Waals surface area contributed by atoms with E-state index in [4.69, 9.17) is 0 Å². The Hall–Kier alpha value is -2.50. The Morgan fingerprint density at radius 2 is 1.97 bits per heavy atom. The Labute approximate surface area is 193 Å². The van der Waals surface area contributed by atoms with Gasteiger partial charge in [-0.05, 0) is 31.0 Å². The predicted molar refractivity (Wildman–Crippen MR) is 115 cm³/mol. The lowest BCUT2D eigenvalue weighted by atomic mass is 9.80. The summed E-state index contributed by atoms with van der Waals surface area (Å²) >= 11 is 1.48. The number of nitrogens with zero attached hydrogens (tertiary/aromatic N) is 1. The van der Waals surface area contributed by atoms with Gasteiger partial charge in [0, 0.05) is 24.6 Å². The van der Waals surface area contributed by atoms with Gasteiger partial charge in [0.2, 0.25) is 5.91 Å². The highest BCUT2D eigenvalue weighted by molar-refractivity contribution is 7.09. The minimum atomic E-state index is -4.54. The van der Waals surface area contributed by atoms with Gasteiger partial charge in [0.15, 0.2) is 0 Å². The number of halogens is 3. The zero-order chi connectivity index (χ0) is 23.6. The fraction of sp³-hybridized carbons (Fsp3) is 0.500. The summed E-state index contributed by atoms with van der Waals surface area (Å²) in [5, 5.41) is 16.1. The molecule has 0 atom stereocenters. The molecule has 0 spiro atoms. The Morgan fingerprint density at radius 3 is 2.61 bits per heavy atom. The highest BCUT2D eigenvalue weighted by Gasteiger charge is 2.43. The van der Waals surface area contributed by atoms with Gasteiger partial charge < -0.3 is 20.6 Å². The topological polar surface area (TPSA) is 95.8 Å². The summed E-state index contributed by atoms with van der Waals surface area (Å²) < 4.78 is 38.4. The first-order chi connectivity index (χ1) is 15.6. The van der Waals surface area contributed by atoms with E-state index in [-0.39, 0.29) is 24.1 Å². The van der Waals surface area contributed by atoms with Gasteiger partial charge in [-0.25, -0.2) is 0 Å². The van der Waals surface area contributed by atoms with E-state index in [0.29, 0.717) is 18.9 Å². The van der Waals surface area contributed by atoms with Crippen LogP contribution in [-0.4, -0.2) is 53.6 Å². The molecule has 1 aromatic carbocycles. The molecule has 1 saturated carbocycles. The summed E-state index contributed by atoms with van der Waals surface area (Å²) in [4.78, 5) is 30.6. The third-order valence-corrected chi connectivity index (χ3v) is 7.49. The van der Waals surface area contributed by atoms with E-state index in [2.05, 4.69) is 15.6 Å². The van der Waals surface area contributed by atoms with E-state index >= 15 is 0 Å². The van der Waals surface area contributed by atoms with Crippen molar-refractivity contribution < 1.29 is 32.8 Å². The van der Waals surface area contributed by atoms with Gasteiger partial charge >= 0.3 is 6.18 Å². The van der Waals surface area contributed by atoms with E-state index in [9.17, 15) is 27.9 Å². The number of likely N-dealkylation sites (tertiary alicyclic amines) is 1. The smallest absolute Gasteiger partial charge is 0.384 e. The van der Waals surface area contributed by atoms with E-state index in [0.717, 1.165) is 49.0 Å². The molecular weight excluding hydrogens is 457 g/mol. The number of quaternary nitrogens is 1. The van der Waals surface area contributed by atoms with Crippen LogP contribution >= 0.6 is 11.3 Å².